The van der Waals surface area contributed by atoms with Crippen molar-refractivity contribution in [3.8, 4) is 11.1 Å². The summed E-state index contributed by atoms with van der Waals surface area (Å²) in [7, 11) is -1.85. The minimum absolute atomic E-state index is 0.00353. The summed E-state index contributed by atoms with van der Waals surface area (Å²) in [6.07, 6.45) is -0.702. The van der Waals surface area contributed by atoms with Gasteiger partial charge in [-0.15, -0.1) is 0 Å². The summed E-state index contributed by atoms with van der Waals surface area (Å²) < 4.78 is 19.8. The average molecular weight is 355 g/mol. The van der Waals surface area contributed by atoms with E-state index in [1.165, 1.54) is 18.2 Å². The van der Waals surface area contributed by atoms with Crippen molar-refractivity contribution < 1.29 is 24.0 Å². The summed E-state index contributed by atoms with van der Waals surface area (Å²) in [6.45, 7) is 5.20. The van der Waals surface area contributed by atoms with Crippen molar-refractivity contribution in [3.63, 3.8) is 0 Å². The maximum Gasteiger partial charge on any atom is 0.506 e. The van der Waals surface area contributed by atoms with E-state index in [9.17, 15) is 19.2 Å². The molecule has 0 unspecified atom stereocenters. The van der Waals surface area contributed by atoms with E-state index in [2.05, 4.69) is 0 Å². The van der Waals surface area contributed by atoms with Crippen LogP contribution in [-0.4, -0.2) is 33.4 Å². The van der Waals surface area contributed by atoms with Gasteiger partial charge in [0.15, 0.2) is 0 Å². The van der Waals surface area contributed by atoms with Crippen LogP contribution in [0.3, 0.4) is 0 Å². The lowest BCUT2D eigenvalue weighted by atomic mass is 9.86. The lowest BCUT2D eigenvalue weighted by Gasteiger charge is -2.21. The number of aromatic nitrogens is 1. The van der Waals surface area contributed by atoms with Crippen LogP contribution in [0.4, 0.5) is 9.18 Å². The van der Waals surface area contributed by atoms with Crippen molar-refractivity contribution >= 4 is 29.7 Å². The molecule has 0 atom stereocenters. The van der Waals surface area contributed by atoms with Crippen molar-refractivity contribution in [2.45, 2.75) is 26.4 Å². The SMILES string of the molecule is CC(C)(C)OC(=O)n1c(B(O)O)cc2c(-c3ccc(F)cc3)cccc21. The van der Waals surface area contributed by atoms with E-state index < -0.39 is 18.8 Å². The predicted molar refractivity (Wildman–Crippen MR) is 98.8 cm³/mol. The maximum absolute atomic E-state index is 13.2. The molecule has 26 heavy (non-hydrogen) atoms. The molecular formula is C19H19BFNO4. The number of nitrogens with zero attached hydrogens (tertiary/aromatic N) is 1. The standard InChI is InChI=1S/C19H19BFNO4/c1-19(2,3)26-18(23)22-16-6-4-5-14(12-7-9-13(21)10-8-12)15(16)11-17(22)20(24)25/h4-11,24-25H,1-3H3. The number of halogens is 1. The number of carbonyl (C=O) groups excluding carboxylic acids is 1. The highest BCUT2D eigenvalue weighted by atomic mass is 19.1. The molecule has 1 aromatic heterocycles. The zero-order chi connectivity index (χ0) is 19.1. The third-order valence-electron chi connectivity index (χ3n) is 3.87. The number of benzene rings is 2. The van der Waals surface area contributed by atoms with Crippen LogP contribution in [0.5, 0.6) is 0 Å². The average Bonchev–Trinajstić information content (AvgIpc) is 2.94. The largest absolute Gasteiger partial charge is 0.506 e. The van der Waals surface area contributed by atoms with Crippen LogP contribution in [0.15, 0.2) is 48.5 Å². The normalized spacial score (nSPS) is 11.6. The van der Waals surface area contributed by atoms with Crippen molar-refractivity contribution in [1.29, 1.82) is 0 Å². The van der Waals surface area contributed by atoms with Gasteiger partial charge in [0, 0.05) is 5.39 Å². The monoisotopic (exact) mass is 355 g/mol. The van der Waals surface area contributed by atoms with E-state index in [4.69, 9.17) is 4.74 Å². The molecule has 0 fully saturated rings. The molecule has 0 radical (unpaired) electrons. The Morgan fingerprint density at radius 1 is 1.12 bits per heavy atom. The van der Waals surface area contributed by atoms with E-state index in [-0.39, 0.29) is 11.4 Å². The number of hydrogen-bond donors (Lipinski definition) is 2. The number of hydrogen-bond acceptors (Lipinski definition) is 4. The molecule has 0 bridgehead atoms. The van der Waals surface area contributed by atoms with Gasteiger partial charge in [-0.3, -0.25) is 4.57 Å². The van der Waals surface area contributed by atoms with E-state index in [0.717, 1.165) is 15.7 Å². The molecule has 3 rings (SSSR count). The summed E-state index contributed by atoms with van der Waals surface area (Å²) in [5, 5.41) is 20.1. The number of ether oxygens (including phenoxy) is 1. The van der Waals surface area contributed by atoms with Crippen molar-refractivity contribution in [2.75, 3.05) is 0 Å². The van der Waals surface area contributed by atoms with Gasteiger partial charge < -0.3 is 14.8 Å². The summed E-state index contributed by atoms with van der Waals surface area (Å²) in [5.74, 6) is -0.348. The highest BCUT2D eigenvalue weighted by molar-refractivity contribution is 6.59. The minimum Gasteiger partial charge on any atom is -0.443 e. The van der Waals surface area contributed by atoms with E-state index in [0.29, 0.717) is 10.9 Å². The van der Waals surface area contributed by atoms with E-state index in [1.54, 1.807) is 45.0 Å². The quantitative estimate of drug-likeness (QED) is 0.694. The van der Waals surface area contributed by atoms with Crippen LogP contribution >= 0.6 is 0 Å². The number of fused-ring (bicyclic) bond motifs is 1. The van der Waals surface area contributed by atoms with E-state index in [1.807, 2.05) is 6.07 Å². The molecule has 0 aliphatic carbocycles. The minimum atomic E-state index is -1.85. The van der Waals surface area contributed by atoms with Crippen LogP contribution in [-0.2, 0) is 4.74 Å². The van der Waals surface area contributed by atoms with Gasteiger partial charge in [-0.25, -0.2) is 9.18 Å². The molecule has 134 valence electrons. The molecule has 3 aromatic rings. The molecule has 0 aliphatic heterocycles. The van der Waals surface area contributed by atoms with Gasteiger partial charge in [0.25, 0.3) is 0 Å². The lowest BCUT2D eigenvalue weighted by Crippen LogP contribution is -2.40. The van der Waals surface area contributed by atoms with Gasteiger partial charge in [0.05, 0.1) is 11.1 Å². The van der Waals surface area contributed by atoms with E-state index >= 15 is 0 Å². The first-order valence-electron chi connectivity index (χ1n) is 8.17. The second-order valence-corrected chi connectivity index (χ2v) is 7.00. The predicted octanol–water partition coefficient (Wildman–Crippen LogP) is 2.91. The third kappa shape index (κ3) is 3.49. The van der Waals surface area contributed by atoms with Gasteiger partial charge >= 0.3 is 13.2 Å². The fraction of sp³-hybridized carbons (Fsp3) is 0.211. The summed E-state index contributed by atoms with van der Waals surface area (Å²) in [4.78, 5) is 12.6. The molecule has 0 spiro atoms. The first-order valence-corrected chi connectivity index (χ1v) is 8.17. The lowest BCUT2D eigenvalue weighted by molar-refractivity contribution is 0.0547. The molecule has 0 amide bonds. The third-order valence-corrected chi connectivity index (χ3v) is 3.87. The Kier molecular flexibility index (Phi) is 4.60. The molecule has 0 saturated carbocycles. The maximum atomic E-state index is 13.2. The van der Waals surface area contributed by atoms with Gasteiger partial charge in [-0.1, -0.05) is 24.3 Å². The van der Waals surface area contributed by atoms with Crippen molar-refractivity contribution in [2.24, 2.45) is 0 Å². The number of carbonyl (C=O) groups is 1. The first kappa shape index (κ1) is 18.2. The van der Waals surface area contributed by atoms with Crippen LogP contribution in [0.1, 0.15) is 20.8 Å². The Labute approximate surface area is 150 Å². The van der Waals surface area contributed by atoms with Crippen LogP contribution in [0, 0.1) is 5.82 Å². The molecule has 2 N–H and O–H groups in total. The van der Waals surface area contributed by atoms with Gasteiger partial charge in [-0.2, -0.15) is 0 Å². The Morgan fingerprint density at radius 3 is 2.35 bits per heavy atom. The molecule has 7 heteroatoms. The molecule has 1 heterocycles. The van der Waals surface area contributed by atoms with Crippen LogP contribution < -0.4 is 5.59 Å². The first-order chi connectivity index (χ1) is 12.2. The second kappa shape index (κ2) is 6.59. The molecule has 2 aromatic carbocycles. The summed E-state index contributed by atoms with van der Waals surface area (Å²) in [6, 6.07) is 12.7. The summed E-state index contributed by atoms with van der Waals surface area (Å²) in [5.41, 5.74) is 1.23. The molecular weight excluding hydrogens is 336 g/mol. The van der Waals surface area contributed by atoms with Crippen molar-refractivity contribution in [1.82, 2.24) is 4.57 Å². The van der Waals surface area contributed by atoms with Gasteiger partial charge in [-0.05, 0) is 56.2 Å². The topological polar surface area (TPSA) is 71.7 Å². The Bertz CT molecular complexity index is 958. The molecule has 0 saturated heterocycles. The highest BCUT2D eigenvalue weighted by Crippen LogP contribution is 2.29. The zero-order valence-electron chi connectivity index (χ0n) is 14.7. The Morgan fingerprint density at radius 2 is 1.77 bits per heavy atom. The van der Waals surface area contributed by atoms with Gasteiger partial charge in [0.2, 0.25) is 0 Å². The van der Waals surface area contributed by atoms with Crippen LogP contribution in [0.2, 0.25) is 0 Å². The zero-order valence-corrected chi connectivity index (χ0v) is 14.7. The molecule has 0 aliphatic rings. The van der Waals surface area contributed by atoms with Crippen molar-refractivity contribution in [3.05, 3.63) is 54.3 Å². The number of rotatable bonds is 2. The van der Waals surface area contributed by atoms with Gasteiger partial charge in [0.1, 0.15) is 11.4 Å². The Balaban J connectivity index is 2.22. The fourth-order valence-corrected chi connectivity index (χ4v) is 2.83. The summed E-state index contributed by atoms with van der Waals surface area (Å²) >= 11 is 0. The highest BCUT2D eigenvalue weighted by Gasteiger charge is 2.27. The second-order valence-electron chi connectivity index (χ2n) is 7.00. The van der Waals surface area contributed by atoms with Crippen LogP contribution in [0.25, 0.3) is 22.0 Å². The fourth-order valence-electron chi connectivity index (χ4n) is 2.83. The smallest absolute Gasteiger partial charge is 0.443 e. The Hall–Kier alpha value is -2.64. The molecule has 5 nitrogen and oxygen atoms in total.